The highest BCUT2D eigenvalue weighted by Crippen LogP contribution is 2.44. The second kappa shape index (κ2) is 10.2. The smallest absolute Gasteiger partial charge is 0.166 e. The van der Waals surface area contributed by atoms with Crippen LogP contribution < -0.4 is 0 Å². The minimum Gasteiger partial charge on any atom is -0.234 e. The molecule has 0 aromatic heterocycles. The Bertz CT molecular complexity index is 988. The zero-order chi connectivity index (χ0) is 22.6. The van der Waals surface area contributed by atoms with Gasteiger partial charge in [-0.1, -0.05) is 92.9 Å². The fraction of sp³-hybridized carbons (Fsp3) is 0.429. The molecule has 32 heavy (non-hydrogen) atoms. The van der Waals surface area contributed by atoms with Gasteiger partial charge < -0.3 is 0 Å². The number of halogens is 3. The van der Waals surface area contributed by atoms with Gasteiger partial charge in [0.1, 0.15) is 0 Å². The summed E-state index contributed by atoms with van der Waals surface area (Å²) >= 11 is 0. The van der Waals surface area contributed by atoms with Crippen molar-refractivity contribution in [1.29, 1.82) is 0 Å². The molecule has 4 heteroatoms. The maximum absolute atomic E-state index is 16.4. The van der Waals surface area contributed by atoms with Crippen LogP contribution in [0.3, 0.4) is 0 Å². The highest BCUT2D eigenvalue weighted by molar-refractivity contribution is 6.59. The average molecular weight is 455 g/mol. The minimum atomic E-state index is -1.71. The zero-order valence-electron chi connectivity index (χ0n) is 18.9. The van der Waals surface area contributed by atoms with E-state index in [-0.39, 0.29) is 12.0 Å². The molecule has 1 aliphatic carbocycles. The van der Waals surface area contributed by atoms with Gasteiger partial charge in [0.05, 0.1) is 0 Å². The standard InChI is InChI=1S/C28H33F3Si/c1-2-3-6-17-32-18-14-21(15-19-32)22-9-8-16-28(31,20-22)25-12-5-4-10-23(25)24-11-7-13-26(29)27(24)30/h4-5,7-13,20-21,32H,2-3,6,14-19H2,1H3/t21-,28?,32-. The van der Waals surface area contributed by atoms with Gasteiger partial charge in [0, 0.05) is 26.3 Å². The summed E-state index contributed by atoms with van der Waals surface area (Å²) in [5.74, 6) is -1.43. The first-order valence-electron chi connectivity index (χ1n) is 12.1. The van der Waals surface area contributed by atoms with Crippen molar-refractivity contribution in [2.45, 2.75) is 69.2 Å². The number of allylic oxidation sites excluding steroid dienone is 4. The molecule has 1 unspecified atom stereocenters. The summed E-state index contributed by atoms with van der Waals surface area (Å²) < 4.78 is 44.9. The average Bonchev–Trinajstić information content (AvgIpc) is 2.82. The van der Waals surface area contributed by atoms with Crippen LogP contribution in [0.15, 0.2) is 66.3 Å². The van der Waals surface area contributed by atoms with Crippen molar-refractivity contribution in [3.8, 4) is 11.1 Å². The van der Waals surface area contributed by atoms with Crippen LogP contribution in [-0.4, -0.2) is 8.80 Å². The first kappa shape index (κ1) is 23.1. The van der Waals surface area contributed by atoms with Gasteiger partial charge in [0.15, 0.2) is 17.3 Å². The van der Waals surface area contributed by atoms with Crippen molar-refractivity contribution in [3.05, 3.63) is 83.5 Å². The number of hydrogen-bond acceptors (Lipinski definition) is 0. The molecule has 1 saturated heterocycles. The van der Waals surface area contributed by atoms with Gasteiger partial charge in [-0.2, -0.15) is 0 Å². The number of rotatable bonds is 7. The number of hydrogen-bond donors (Lipinski definition) is 0. The minimum absolute atomic E-state index is 0.112. The lowest BCUT2D eigenvalue weighted by molar-refractivity contribution is 0.233. The van der Waals surface area contributed by atoms with E-state index in [1.807, 2.05) is 6.08 Å². The first-order chi connectivity index (χ1) is 15.5. The summed E-state index contributed by atoms with van der Waals surface area (Å²) in [6.07, 6.45) is 12.3. The molecule has 0 nitrogen and oxygen atoms in total. The highest BCUT2D eigenvalue weighted by Gasteiger charge is 2.35. The van der Waals surface area contributed by atoms with Crippen LogP contribution >= 0.6 is 0 Å². The lowest BCUT2D eigenvalue weighted by Gasteiger charge is -2.33. The summed E-state index contributed by atoms with van der Waals surface area (Å²) in [6, 6.07) is 15.2. The maximum atomic E-state index is 16.4. The molecule has 1 aliphatic heterocycles. The topological polar surface area (TPSA) is 0 Å². The van der Waals surface area contributed by atoms with Gasteiger partial charge in [-0.15, -0.1) is 0 Å². The van der Waals surface area contributed by atoms with Crippen LogP contribution in [0.25, 0.3) is 11.1 Å². The van der Waals surface area contributed by atoms with Gasteiger partial charge in [-0.05, 0) is 42.0 Å². The van der Waals surface area contributed by atoms with E-state index in [1.165, 1.54) is 49.5 Å². The third-order valence-corrected chi connectivity index (χ3v) is 10.8. The maximum Gasteiger partial charge on any atom is 0.166 e. The number of alkyl halides is 1. The summed E-state index contributed by atoms with van der Waals surface area (Å²) in [4.78, 5) is 0. The zero-order valence-corrected chi connectivity index (χ0v) is 20.1. The van der Waals surface area contributed by atoms with Gasteiger partial charge in [0.25, 0.3) is 0 Å². The van der Waals surface area contributed by atoms with E-state index >= 15 is 4.39 Å². The summed E-state index contributed by atoms with van der Waals surface area (Å²) in [6.45, 7) is 2.25. The Morgan fingerprint density at radius 1 is 0.969 bits per heavy atom. The molecule has 0 radical (unpaired) electrons. The van der Waals surface area contributed by atoms with Crippen LogP contribution in [0.4, 0.5) is 13.2 Å². The van der Waals surface area contributed by atoms with E-state index in [2.05, 4.69) is 13.0 Å². The van der Waals surface area contributed by atoms with Crippen molar-refractivity contribution < 1.29 is 13.2 Å². The Morgan fingerprint density at radius 3 is 2.50 bits per heavy atom. The monoisotopic (exact) mass is 454 g/mol. The lowest BCUT2D eigenvalue weighted by Crippen LogP contribution is -2.25. The van der Waals surface area contributed by atoms with Gasteiger partial charge in [0.2, 0.25) is 0 Å². The third kappa shape index (κ3) is 4.95. The molecule has 2 aliphatic rings. The Morgan fingerprint density at radius 2 is 1.72 bits per heavy atom. The van der Waals surface area contributed by atoms with Crippen LogP contribution in [0.1, 0.15) is 51.0 Å². The van der Waals surface area contributed by atoms with E-state index in [0.29, 0.717) is 17.0 Å². The quantitative estimate of drug-likeness (QED) is 0.290. The van der Waals surface area contributed by atoms with Crippen LogP contribution in [0.2, 0.25) is 18.1 Å². The predicted octanol–water partition coefficient (Wildman–Crippen LogP) is 8.51. The molecule has 0 N–H and O–H groups in total. The molecule has 0 bridgehead atoms. The molecule has 2 aromatic carbocycles. The Kier molecular flexibility index (Phi) is 7.39. The largest absolute Gasteiger partial charge is 0.234 e. The molecule has 1 atom stereocenters. The molecule has 0 spiro atoms. The van der Waals surface area contributed by atoms with Gasteiger partial charge >= 0.3 is 0 Å². The van der Waals surface area contributed by atoms with E-state index < -0.39 is 26.1 Å². The molecular formula is C28H33F3Si. The molecular weight excluding hydrogens is 421 g/mol. The third-order valence-electron chi connectivity index (χ3n) is 7.27. The van der Waals surface area contributed by atoms with E-state index in [0.717, 1.165) is 24.5 Å². The van der Waals surface area contributed by atoms with E-state index in [1.54, 1.807) is 30.3 Å². The molecule has 4 rings (SSSR count). The second-order valence-corrected chi connectivity index (χ2v) is 12.9. The molecule has 1 heterocycles. The fourth-order valence-electron chi connectivity index (χ4n) is 5.44. The van der Waals surface area contributed by atoms with E-state index in [9.17, 15) is 8.78 Å². The highest BCUT2D eigenvalue weighted by atomic mass is 28.3. The molecule has 170 valence electrons. The molecule has 0 amide bonds. The normalized spacial score (nSPS) is 25.6. The number of unbranched alkanes of at least 4 members (excludes halogenated alkanes) is 2. The molecule has 0 saturated carbocycles. The van der Waals surface area contributed by atoms with E-state index in [4.69, 9.17) is 0 Å². The summed E-state index contributed by atoms with van der Waals surface area (Å²) in [5, 5.41) is 0. The van der Waals surface area contributed by atoms with Crippen molar-refractivity contribution in [2.24, 2.45) is 5.92 Å². The Labute approximate surface area is 191 Å². The second-order valence-electron chi connectivity index (χ2n) is 9.47. The fourth-order valence-corrected chi connectivity index (χ4v) is 8.92. The van der Waals surface area contributed by atoms with Crippen molar-refractivity contribution in [1.82, 2.24) is 0 Å². The van der Waals surface area contributed by atoms with Crippen molar-refractivity contribution >= 4 is 8.80 Å². The van der Waals surface area contributed by atoms with Crippen molar-refractivity contribution in [2.75, 3.05) is 0 Å². The van der Waals surface area contributed by atoms with Gasteiger partial charge in [-0.3, -0.25) is 0 Å². The predicted molar refractivity (Wildman–Crippen MR) is 130 cm³/mol. The van der Waals surface area contributed by atoms with Crippen LogP contribution in [0, 0.1) is 17.6 Å². The summed E-state index contributed by atoms with van der Waals surface area (Å²) in [7, 11) is -0.625. The Hall–Kier alpha value is -2.07. The Balaban J connectivity index is 1.57. The molecule has 1 fully saturated rings. The first-order valence-corrected chi connectivity index (χ1v) is 14.6. The SMILES string of the molecule is CCCCC[Si@H]1CC[C@H](C2=CC(F)(c3ccccc3-c3cccc(F)c3F)CC=C2)CC1. The number of benzene rings is 2. The van der Waals surface area contributed by atoms with Gasteiger partial charge in [-0.25, -0.2) is 13.2 Å². The van der Waals surface area contributed by atoms with Crippen LogP contribution in [-0.2, 0) is 5.67 Å². The lowest BCUT2D eigenvalue weighted by atomic mass is 9.79. The van der Waals surface area contributed by atoms with Crippen LogP contribution in [0.5, 0.6) is 0 Å². The summed E-state index contributed by atoms with van der Waals surface area (Å²) in [5.41, 5.74) is 0.309. The van der Waals surface area contributed by atoms with Crippen molar-refractivity contribution in [3.63, 3.8) is 0 Å². The molecule has 2 aromatic rings.